The molecule has 0 aliphatic heterocycles. The number of hydrogen-bond donors (Lipinski definition) is 1. The number of aromatic nitrogens is 3. The summed E-state index contributed by atoms with van der Waals surface area (Å²) in [6, 6.07) is 2.30. The maximum absolute atomic E-state index is 9.08. The van der Waals surface area contributed by atoms with Crippen molar-refractivity contribution >= 4 is 0 Å². The van der Waals surface area contributed by atoms with Gasteiger partial charge in [0.15, 0.2) is 0 Å². The van der Waals surface area contributed by atoms with Gasteiger partial charge in [-0.1, -0.05) is 6.92 Å². The molecule has 0 aliphatic carbocycles. The van der Waals surface area contributed by atoms with Crippen LogP contribution in [0.25, 0.3) is 0 Å². The molecular formula is C10H17N5. The van der Waals surface area contributed by atoms with E-state index in [1.807, 2.05) is 6.92 Å². The van der Waals surface area contributed by atoms with Gasteiger partial charge in [0.05, 0.1) is 6.07 Å². The first-order valence-electron chi connectivity index (χ1n) is 5.19. The van der Waals surface area contributed by atoms with E-state index in [0.717, 1.165) is 19.4 Å². The third-order valence-electron chi connectivity index (χ3n) is 2.32. The molecule has 1 atom stereocenters. The molecule has 0 amide bonds. The van der Waals surface area contributed by atoms with Gasteiger partial charge in [-0.3, -0.25) is 10.00 Å². The van der Waals surface area contributed by atoms with Crippen LogP contribution in [0.3, 0.4) is 0 Å². The maximum atomic E-state index is 9.08. The molecular weight excluding hydrogens is 190 g/mol. The lowest BCUT2D eigenvalue weighted by Crippen LogP contribution is -2.42. The zero-order valence-corrected chi connectivity index (χ0v) is 9.27. The van der Waals surface area contributed by atoms with Crippen LogP contribution in [0.1, 0.15) is 26.7 Å². The van der Waals surface area contributed by atoms with Crippen LogP contribution in [0.5, 0.6) is 0 Å². The van der Waals surface area contributed by atoms with Crippen molar-refractivity contribution < 1.29 is 0 Å². The molecule has 1 aromatic heterocycles. The third-order valence-corrected chi connectivity index (χ3v) is 2.32. The Bertz CT molecular complexity index is 313. The molecule has 5 nitrogen and oxygen atoms in total. The molecule has 0 aliphatic rings. The molecule has 0 bridgehead atoms. The summed E-state index contributed by atoms with van der Waals surface area (Å²) >= 11 is 0. The monoisotopic (exact) mass is 207 g/mol. The number of nitrogens with zero attached hydrogens (tertiary/aromatic N) is 4. The average Bonchev–Trinajstić information content (AvgIpc) is 2.76. The smallest absolute Gasteiger partial charge is 0.137 e. The molecule has 1 N–H and O–H groups in total. The lowest BCUT2D eigenvalue weighted by Gasteiger charge is -2.22. The quantitative estimate of drug-likeness (QED) is 0.754. The molecule has 0 spiro atoms. The van der Waals surface area contributed by atoms with Gasteiger partial charge in [-0.25, -0.2) is 4.98 Å². The van der Waals surface area contributed by atoms with Crippen molar-refractivity contribution in [3.8, 4) is 6.07 Å². The second-order valence-corrected chi connectivity index (χ2v) is 3.78. The predicted octanol–water partition coefficient (Wildman–Crippen LogP) is 0.950. The molecule has 0 saturated heterocycles. The summed E-state index contributed by atoms with van der Waals surface area (Å²) in [5.41, 5.74) is -0.470. The first-order chi connectivity index (χ1) is 7.20. The highest BCUT2D eigenvalue weighted by molar-refractivity contribution is 5.03. The highest BCUT2D eigenvalue weighted by Gasteiger charge is 2.22. The van der Waals surface area contributed by atoms with Gasteiger partial charge >= 0.3 is 0 Å². The van der Waals surface area contributed by atoms with Gasteiger partial charge in [0.1, 0.15) is 18.2 Å². The van der Waals surface area contributed by atoms with Gasteiger partial charge in [0.25, 0.3) is 0 Å². The summed E-state index contributed by atoms with van der Waals surface area (Å²) in [6.45, 7) is 5.57. The molecule has 1 aromatic rings. The lowest BCUT2D eigenvalue weighted by atomic mass is 10.00. The summed E-state index contributed by atoms with van der Waals surface area (Å²) in [4.78, 5) is 3.86. The minimum Gasteiger partial charge on any atom is -0.300 e. The van der Waals surface area contributed by atoms with Gasteiger partial charge in [-0.05, 0) is 26.3 Å². The zero-order valence-electron chi connectivity index (χ0n) is 9.27. The molecule has 1 heterocycles. The Kier molecular flexibility index (Phi) is 4.25. The Morgan fingerprint density at radius 1 is 1.60 bits per heavy atom. The molecule has 15 heavy (non-hydrogen) atoms. The number of hydrogen-bond acceptors (Lipinski definition) is 4. The Labute approximate surface area is 90.1 Å². The van der Waals surface area contributed by atoms with Crippen molar-refractivity contribution in [2.75, 3.05) is 6.54 Å². The summed E-state index contributed by atoms with van der Waals surface area (Å²) in [7, 11) is 0. The second kappa shape index (κ2) is 5.47. The van der Waals surface area contributed by atoms with Crippen LogP contribution in [0.2, 0.25) is 0 Å². The SMILES string of the molecule is CCCNC(C)(C#N)CCn1cncn1. The van der Waals surface area contributed by atoms with Gasteiger partial charge in [0, 0.05) is 6.54 Å². The summed E-state index contributed by atoms with van der Waals surface area (Å²) < 4.78 is 1.74. The highest BCUT2D eigenvalue weighted by atomic mass is 15.3. The average molecular weight is 207 g/mol. The lowest BCUT2D eigenvalue weighted by molar-refractivity contribution is 0.382. The summed E-state index contributed by atoms with van der Waals surface area (Å²) in [5, 5.41) is 16.3. The van der Waals surface area contributed by atoms with E-state index in [0.29, 0.717) is 6.54 Å². The predicted molar refractivity (Wildman–Crippen MR) is 57.0 cm³/mol. The fourth-order valence-corrected chi connectivity index (χ4v) is 1.27. The van der Waals surface area contributed by atoms with Crippen LogP contribution in [-0.2, 0) is 6.54 Å². The Morgan fingerprint density at radius 2 is 2.40 bits per heavy atom. The van der Waals surface area contributed by atoms with Crippen LogP contribution in [0.4, 0.5) is 0 Å². The zero-order chi connectivity index (χ0) is 11.1. The molecule has 0 radical (unpaired) electrons. The standard InChI is InChI=1S/C10H17N5/c1-3-5-13-10(2,7-11)4-6-15-9-12-8-14-15/h8-9,13H,3-6H2,1-2H3. The Balaban J connectivity index is 2.43. The van der Waals surface area contributed by atoms with Crippen LogP contribution in [0, 0.1) is 11.3 Å². The van der Waals surface area contributed by atoms with E-state index in [9.17, 15) is 0 Å². The van der Waals surface area contributed by atoms with E-state index in [1.54, 1.807) is 11.0 Å². The van der Waals surface area contributed by atoms with Crippen molar-refractivity contribution in [2.45, 2.75) is 38.8 Å². The highest BCUT2D eigenvalue weighted by Crippen LogP contribution is 2.09. The Morgan fingerprint density at radius 3 is 2.93 bits per heavy atom. The van der Waals surface area contributed by atoms with Crippen molar-refractivity contribution in [2.24, 2.45) is 0 Å². The van der Waals surface area contributed by atoms with E-state index in [1.165, 1.54) is 6.33 Å². The number of rotatable bonds is 6. The van der Waals surface area contributed by atoms with Crippen LogP contribution in [0.15, 0.2) is 12.7 Å². The molecule has 0 fully saturated rings. The fraction of sp³-hybridized carbons (Fsp3) is 0.700. The minimum absolute atomic E-state index is 0.470. The van der Waals surface area contributed by atoms with E-state index in [-0.39, 0.29) is 0 Å². The Hall–Kier alpha value is -1.41. The molecule has 1 rings (SSSR count). The van der Waals surface area contributed by atoms with Crippen LogP contribution < -0.4 is 5.32 Å². The topological polar surface area (TPSA) is 66.5 Å². The van der Waals surface area contributed by atoms with E-state index in [4.69, 9.17) is 5.26 Å². The molecule has 1 unspecified atom stereocenters. The summed E-state index contributed by atoms with van der Waals surface area (Å²) in [5.74, 6) is 0. The maximum Gasteiger partial charge on any atom is 0.137 e. The van der Waals surface area contributed by atoms with Gasteiger partial charge < -0.3 is 0 Å². The number of aryl methyl sites for hydroxylation is 1. The molecule has 82 valence electrons. The first kappa shape index (κ1) is 11.7. The van der Waals surface area contributed by atoms with E-state index >= 15 is 0 Å². The number of nitrogens with one attached hydrogen (secondary N) is 1. The van der Waals surface area contributed by atoms with Crippen molar-refractivity contribution in [1.82, 2.24) is 20.1 Å². The van der Waals surface area contributed by atoms with Crippen LogP contribution in [-0.4, -0.2) is 26.8 Å². The molecule has 5 heteroatoms. The van der Waals surface area contributed by atoms with Gasteiger partial charge in [-0.15, -0.1) is 0 Å². The van der Waals surface area contributed by atoms with Crippen molar-refractivity contribution in [3.05, 3.63) is 12.7 Å². The fourth-order valence-electron chi connectivity index (χ4n) is 1.27. The largest absolute Gasteiger partial charge is 0.300 e. The van der Waals surface area contributed by atoms with Gasteiger partial charge in [0.2, 0.25) is 0 Å². The normalized spacial score (nSPS) is 14.5. The molecule has 0 saturated carbocycles. The second-order valence-electron chi connectivity index (χ2n) is 3.78. The van der Waals surface area contributed by atoms with Crippen molar-refractivity contribution in [3.63, 3.8) is 0 Å². The van der Waals surface area contributed by atoms with Crippen LogP contribution >= 0.6 is 0 Å². The van der Waals surface area contributed by atoms with E-state index < -0.39 is 5.54 Å². The molecule has 0 aromatic carbocycles. The minimum atomic E-state index is -0.470. The van der Waals surface area contributed by atoms with Gasteiger partial charge in [-0.2, -0.15) is 10.4 Å². The first-order valence-corrected chi connectivity index (χ1v) is 5.19. The van der Waals surface area contributed by atoms with Crippen molar-refractivity contribution in [1.29, 1.82) is 5.26 Å². The van der Waals surface area contributed by atoms with E-state index in [2.05, 4.69) is 28.4 Å². The number of nitriles is 1. The summed E-state index contributed by atoms with van der Waals surface area (Å²) in [6.07, 6.45) is 4.92. The third kappa shape index (κ3) is 3.68.